The van der Waals surface area contributed by atoms with E-state index in [-0.39, 0.29) is 17.9 Å². The molecule has 0 N–H and O–H groups in total. The summed E-state index contributed by atoms with van der Waals surface area (Å²) in [6, 6.07) is 0. The summed E-state index contributed by atoms with van der Waals surface area (Å²) in [5.41, 5.74) is 0.164. The first-order valence-corrected chi connectivity index (χ1v) is 6.52. The van der Waals surface area contributed by atoms with Crippen LogP contribution in [-0.2, 0) is 13.6 Å². The van der Waals surface area contributed by atoms with Gasteiger partial charge in [-0.3, -0.25) is 4.57 Å². The van der Waals surface area contributed by atoms with E-state index in [1.807, 2.05) is 27.7 Å². The maximum absolute atomic E-state index is 12.2. The van der Waals surface area contributed by atoms with Crippen LogP contribution < -0.4 is 0 Å². The van der Waals surface area contributed by atoms with Crippen molar-refractivity contribution in [3.8, 4) is 0 Å². The molecule has 0 spiro atoms. The van der Waals surface area contributed by atoms with Gasteiger partial charge >= 0.3 is 7.60 Å². The van der Waals surface area contributed by atoms with Crippen LogP contribution in [-0.4, -0.2) is 17.9 Å². The van der Waals surface area contributed by atoms with Gasteiger partial charge in [0.05, 0.1) is 17.9 Å². The molecule has 78 valence electrons. The van der Waals surface area contributed by atoms with Crippen LogP contribution in [0.25, 0.3) is 0 Å². The fourth-order valence-corrected chi connectivity index (χ4v) is 3.53. The van der Waals surface area contributed by atoms with Gasteiger partial charge in [-0.05, 0) is 40.5 Å². The molecule has 3 nitrogen and oxygen atoms in total. The lowest BCUT2D eigenvalue weighted by molar-refractivity contribution is 0.141. The second-order valence-corrected chi connectivity index (χ2v) is 6.31. The molecule has 0 bridgehead atoms. The second-order valence-electron chi connectivity index (χ2n) is 4.08. The smallest absolute Gasteiger partial charge is 0.306 e. The van der Waals surface area contributed by atoms with Crippen molar-refractivity contribution in [2.45, 2.75) is 58.4 Å². The zero-order valence-electron chi connectivity index (χ0n) is 8.82. The third kappa shape index (κ3) is 3.41. The van der Waals surface area contributed by atoms with Crippen LogP contribution in [0.2, 0.25) is 0 Å². The average molecular weight is 206 g/mol. The lowest BCUT2D eigenvalue weighted by Crippen LogP contribution is -2.10. The zero-order chi connectivity index (χ0) is 10.1. The Balaban J connectivity index is 2.57. The van der Waals surface area contributed by atoms with E-state index < -0.39 is 7.60 Å². The van der Waals surface area contributed by atoms with Gasteiger partial charge in [-0.1, -0.05) is 0 Å². The van der Waals surface area contributed by atoms with Crippen molar-refractivity contribution >= 4 is 7.60 Å². The lowest BCUT2D eigenvalue weighted by Gasteiger charge is -2.22. The summed E-state index contributed by atoms with van der Waals surface area (Å²) in [7, 11) is -2.79. The first-order valence-electron chi connectivity index (χ1n) is 4.90. The molecule has 1 aliphatic carbocycles. The minimum Gasteiger partial charge on any atom is -0.306 e. The summed E-state index contributed by atoms with van der Waals surface area (Å²) < 4.78 is 23.0. The molecule has 0 aromatic rings. The summed E-state index contributed by atoms with van der Waals surface area (Å²) in [5.74, 6) is 0. The molecule has 0 aromatic carbocycles. The number of hydrogen-bond acceptors (Lipinski definition) is 3. The van der Waals surface area contributed by atoms with Gasteiger partial charge in [-0.2, -0.15) is 0 Å². The highest BCUT2D eigenvalue weighted by Crippen LogP contribution is 2.63. The molecule has 1 rings (SSSR count). The zero-order valence-corrected chi connectivity index (χ0v) is 9.71. The van der Waals surface area contributed by atoms with Crippen LogP contribution in [0.15, 0.2) is 0 Å². The van der Waals surface area contributed by atoms with E-state index in [2.05, 4.69) is 0 Å². The Morgan fingerprint density at radius 2 is 1.46 bits per heavy atom. The van der Waals surface area contributed by atoms with Crippen molar-refractivity contribution in [3.63, 3.8) is 0 Å². The van der Waals surface area contributed by atoms with Crippen LogP contribution >= 0.6 is 7.60 Å². The van der Waals surface area contributed by atoms with Crippen LogP contribution in [0.1, 0.15) is 40.5 Å². The highest BCUT2D eigenvalue weighted by molar-refractivity contribution is 7.55. The predicted molar refractivity (Wildman–Crippen MR) is 53.1 cm³/mol. The molecule has 0 saturated heterocycles. The standard InChI is InChI=1S/C9H19O3P/c1-7(2)11-13(10,9-5-6-9)12-8(3)4/h7-9H,5-6H2,1-4H3. The van der Waals surface area contributed by atoms with Crippen molar-refractivity contribution in [1.82, 2.24) is 0 Å². The van der Waals surface area contributed by atoms with Gasteiger partial charge in [0.2, 0.25) is 0 Å². The predicted octanol–water partition coefficient (Wildman–Crippen LogP) is 3.19. The third-order valence-electron chi connectivity index (χ3n) is 1.71. The maximum Gasteiger partial charge on any atom is 0.334 e. The van der Waals surface area contributed by atoms with E-state index in [4.69, 9.17) is 9.05 Å². The minimum absolute atomic E-state index is 0.0230. The molecular formula is C9H19O3P. The number of rotatable bonds is 5. The molecule has 0 unspecified atom stereocenters. The lowest BCUT2D eigenvalue weighted by atomic mass is 10.5. The molecule has 0 atom stereocenters. The van der Waals surface area contributed by atoms with Crippen molar-refractivity contribution < 1.29 is 13.6 Å². The monoisotopic (exact) mass is 206 g/mol. The van der Waals surface area contributed by atoms with Gasteiger partial charge in [-0.25, -0.2) is 0 Å². The van der Waals surface area contributed by atoms with Gasteiger partial charge in [0, 0.05) is 0 Å². The summed E-state index contributed by atoms with van der Waals surface area (Å²) in [4.78, 5) is 0. The van der Waals surface area contributed by atoms with E-state index in [0.717, 1.165) is 12.8 Å². The highest BCUT2D eigenvalue weighted by atomic mass is 31.2. The highest BCUT2D eigenvalue weighted by Gasteiger charge is 2.45. The molecule has 0 radical (unpaired) electrons. The van der Waals surface area contributed by atoms with Crippen molar-refractivity contribution in [3.05, 3.63) is 0 Å². The normalized spacial score (nSPS) is 18.6. The van der Waals surface area contributed by atoms with Gasteiger partial charge in [0.15, 0.2) is 0 Å². The Labute approximate surface area is 80.3 Å². The first kappa shape index (κ1) is 11.2. The molecular weight excluding hydrogens is 187 g/mol. The summed E-state index contributed by atoms with van der Waals surface area (Å²) in [5, 5.41) is 0. The SMILES string of the molecule is CC(C)OP(=O)(OC(C)C)C1CC1. The van der Waals surface area contributed by atoms with Crippen molar-refractivity contribution in [2.24, 2.45) is 0 Å². The van der Waals surface area contributed by atoms with Gasteiger partial charge in [0.1, 0.15) is 0 Å². The Kier molecular flexibility index (Phi) is 3.56. The third-order valence-corrected chi connectivity index (χ3v) is 4.55. The van der Waals surface area contributed by atoms with Crippen molar-refractivity contribution in [2.75, 3.05) is 0 Å². The second kappa shape index (κ2) is 4.12. The molecule has 13 heavy (non-hydrogen) atoms. The van der Waals surface area contributed by atoms with E-state index in [0.29, 0.717) is 0 Å². The van der Waals surface area contributed by atoms with Gasteiger partial charge in [0.25, 0.3) is 0 Å². The quantitative estimate of drug-likeness (QED) is 0.648. The Morgan fingerprint density at radius 3 is 1.69 bits per heavy atom. The fourth-order valence-electron chi connectivity index (χ4n) is 1.18. The Morgan fingerprint density at radius 1 is 1.08 bits per heavy atom. The Hall–Kier alpha value is 0.150. The van der Waals surface area contributed by atoms with Crippen LogP contribution in [0.5, 0.6) is 0 Å². The maximum atomic E-state index is 12.2. The summed E-state index contributed by atoms with van der Waals surface area (Å²) in [6.45, 7) is 7.55. The molecule has 0 amide bonds. The van der Waals surface area contributed by atoms with Gasteiger partial charge < -0.3 is 9.05 Å². The van der Waals surface area contributed by atoms with Crippen LogP contribution in [0, 0.1) is 0 Å². The van der Waals surface area contributed by atoms with Crippen LogP contribution in [0.4, 0.5) is 0 Å². The van der Waals surface area contributed by atoms with E-state index >= 15 is 0 Å². The molecule has 1 aliphatic rings. The molecule has 0 heterocycles. The number of hydrogen-bond donors (Lipinski definition) is 0. The largest absolute Gasteiger partial charge is 0.334 e. The summed E-state index contributed by atoms with van der Waals surface area (Å²) in [6.07, 6.45) is 1.92. The first-order chi connectivity index (χ1) is 5.94. The van der Waals surface area contributed by atoms with E-state index in [1.165, 1.54) is 0 Å². The fraction of sp³-hybridized carbons (Fsp3) is 1.00. The molecule has 0 aliphatic heterocycles. The Bertz CT molecular complexity index is 195. The molecule has 1 fully saturated rings. The molecule has 4 heteroatoms. The van der Waals surface area contributed by atoms with Gasteiger partial charge in [-0.15, -0.1) is 0 Å². The summed E-state index contributed by atoms with van der Waals surface area (Å²) >= 11 is 0. The molecule has 0 aromatic heterocycles. The topological polar surface area (TPSA) is 35.5 Å². The van der Waals surface area contributed by atoms with E-state index in [9.17, 15) is 4.57 Å². The van der Waals surface area contributed by atoms with Crippen molar-refractivity contribution in [1.29, 1.82) is 0 Å². The average Bonchev–Trinajstić information content (AvgIpc) is 2.60. The van der Waals surface area contributed by atoms with E-state index in [1.54, 1.807) is 0 Å². The van der Waals surface area contributed by atoms with Crippen LogP contribution in [0.3, 0.4) is 0 Å². The molecule has 1 saturated carbocycles. The minimum atomic E-state index is -2.79.